The second kappa shape index (κ2) is 9.53. The zero-order chi connectivity index (χ0) is 23.8. The number of rotatable bonds is 5. The Morgan fingerprint density at radius 1 is 1.00 bits per heavy atom. The number of hydrogen-bond acceptors (Lipinski definition) is 5. The van der Waals surface area contributed by atoms with Crippen LogP contribution in [0, 0.1) is 5.92 Å². The Balaban J connectivity index is 1.30. The number of amides is 3. The van der Waals surface area contributed by atoms with Crippen molar-refractivity contribution in [3.8, 4) is 0 Å². The van der Waals surface area contributed by atoms with Gasteiger partial charge < -0.3 is 9.80 Å². The number of benzene rings is 1. The van der Waals surface area contributed by atoms with Crippen LogP contribution in [0.1, 0.15) is 83.5 Å². The van der Waals surface area contributed by atoms with E-state index in [0.29, 0.717) is 30.3 Å². The lowest BCUT2D eigenvalue weighted by molar-refractivity contribution is -0.137. The Morgan fingerprint density at radius 2 is 1.74 bits per heavy atom. The fraction of sp³-hybridized carbons (Fsp3) is 0.519. The van der Waals surface area contributed by atoms with Gasteiger partial charge >= 0.3 is 0 Å². The van der Waals surface area contributed by atoms with E-state index >= 15 is 0 Å². The molecular formula is C27H33N3O3S. The van der Waals surface area contributed by atoms with E-state index in [2.05, 4.69) is 4.90 Å². The molecule has 0 bridgehead atoms. The lowest BCUT2D eigenvalue weighted by Crippen LogP contribution is -2.45. The number of imide groups is 1. The predicted molar refractivity (Wildman–Crippen MR) is 134 cm³/mol. The maximum absolute atomic E-state index is 13.5. The molecule has 0 spiro atoms. The van der Waals surface area contributed by atoms with Crippen molar-refractivity contribution in [1.82, 2.24) is 9.80 Å². The van der Waals surface area contributed by atoms with Gasteiger partial charge in [0.25, 0.3) is 11.8 Å². The number of carbonyl (C=O) groups is 3. The van der Waals surface area contributed by atoms with Gasteiger partial charge in [-0.05, 0) is 56.2 Å². The van der Waals surface area contributed by atoms with Crippen molar-refractivity contribution < 1.29 is 14.4 Å². The van der Waals surface area contributed by atoms with Crippen LogP contribution >= 0.6 is 11.3 Å². The molecule has 3 amide bonds. The largest absolute Gasteiger partial charge is 0.371 e. The standard InChI is InChI=1S/C27H33N3O3S/c1-18(23-12-7-17-34-23)30-26(32)21-10-6-11-22(24(21)27(30)33)29-15-13-19(14-16-29)25(31)28(2)20-8-4-3-5-9-20/h6-7,10-12,17-20H,3-5,8-9,13-16H2,1-2H3/t18-/m0/s1. The van der Waals surface area contributed by atoms with Crippen LogP contribution < -0.4 is 4.90 Å². The van der Waals surface area contributed by atoms with Gasteiger partial charge in [0.2, 0.25) is 5.91 Å². The van der Waals surface area contributed by atoms with E-state index in [4.69, 9.17) is 0 Å². The van der Waals surface area contributed by atoms with E-state index in [-0.39, 0.29) is 29.7 Å². The van der Waals surface area contributed by atoms with Gasteiger partial charge in [-0.25, -0.2) is 0 Å². The minimum absolute atomic E-state index is 0.0348. The molecule has 2 aromatic rings. The van der Waals surface area contributed by atoms with Crippen LogP contribution in [-0.2, 0) is 4.79 Å². The summed E-state index contributed by atoms with van der Waals surface area (Å²) >= 11 is 1.56. The normalized spacial score (nSPS) is 20.5. The average molecular weight is 480 g/mol. The van der Waals surface area contributed by atoms with E-state index in [1.54, 1.807) is 17.4 Å². The van der Waals surface area contributed by atoms with Gasteiger partial charge in [0, 0.05) is 37.0 Å². The third-order valence-corrected chi connectivity index (χ3v) is 8.96. The smallest absolute Gasteiger partial charge is 0.264 e. The van der Waals surface area contributed by atoms with Crippen LogP contribution in [0.25, 0.3) is 0 Å². The molecule has 3 aliphatic rings. The zero-order valence-electron chi connectivity index (χ0n) is 20.0. The van der Waals surface area contributed by atoms with Crippen molar-refractivity contribution in [3.05, 3.63) is 51.7 Å². The number of fused-ring (bicyclic) bond motifs is 1. The first-order chi connectivity index (χ1) is 16.5. The molecule has 0 N–H and O–H groups in total. The first-order valence-electron chi connectivity index (χ1n) is 12.5. The van der Waals surface area contributed by atoms with Crippen LogP contribution in [0.3, 0.4) is 0 Å². The molecule has 180 valence electrons. The number of anilines is 1. The second-order valence-electron chi connectivity index (χ2n) is 9.87. The van der Waals surface area contributed by atoms with Gasteiger partial charge in [-0.1, -0.05) is 31.4 Å². The van der Waals surface area contributed by atoms with Gasteiger partial charge in [-0.3, -0.25) is 19.3 Å². The third-order valence-electron chi connectivity index (χ3n) is 7.92. The Morgan fingerprint density at radius 3 is 2.41 bits per heavy atom. The van der Waals surface area contributed by atoms with Crippen molar-refractivity contribution in [1.29, 1.82) is 0 Å². The van der Waals surface area contributed by atoms with E-state index in [0.717, 1.165) is 36.2 Å². The highest BCUT2D eigenvalue weighted by Gasteiger charge is 2.42. The number of thiophene rings is 1. The van der Waals surface area contributed by atoms with Gasteiger partial charge in [-0.15, -0.1) is 11.3 Å². The molecule has 7 heteroatoms. The Hall–Kier alpha value is -2.67. The first-order valence-corrected chi connectivity index (χ1v) is 13.4. The van der Waals surface area contributed by atoms with Crippen molar-refractivity contribution in [2.24, 2.45) is 5.92 Å². The highest BCUT2D eigenvalue weighted by atomic mass is 32.1. The van der Waals surface area contributed by atoms with Crippen LogP contribution in [0.4, 0.5) is 5.69 Å². The van der Waals surface area contributed by atoms with Crippen LogP contribution in [-0.4, -0.2) is 53.7 Å². The fourth-order valence-electron chi connectivity index (χ4n) is 5.86. The lowest BCUT2D eigenvalue weighted by atomic mass is 9.90. The Bertz CT molecular complexity index is 1070. The molecule has 0 unspecified atom stereocenters. The average Bonchev–Trinajstić information content (AvgIpc) is 3.51. The SMILES string of the molecule is C[C@@H](c1cccs1)N1C(=O)c2cccc(N3CCC(C(=O)N(C)C4CCCCC4)CC3)c2C1=O. The fourth-order valence-corrected chi connectivity index (χ4v) is 6.63. The molecule has 1 aromatic carbocycles. The monoisotopic (exact) mass is 479 g/mol. The summed E-state index contributed by atoms with van der Waals surface area (Å²) < 4.78 is 0. The summed E-state index contributed by atoms with van der Waals surface area (Å²) in [5.41, 5.74) is 1.82. The molecule has 1 aromatic heterocycles. The Labute approximate surface area is 205 Å². The summed E-state index contributed by atoms with van der Waals surface area (Å²) in [5.74, 6) is -0.131. The number of nitrogens with zero attached hydrogens (tertiary/aromatic N) is 3. The molecule has 2 fully saturated rings. The molecule has 1 atom stereocenters. The topological polar surface area (TPSA) is 60.9 Å². The molecule has 2 aliphatic heterocycles. The van der Waals surface area contributed by atoms with Crippen molar-refractivity contribution >= 4 is 34.7 Å². The maximum Gasteiger partial charge on any atom is 0.264 e. The van der Waals surface area contributed by atoms with Crippen LogP contribution in [0.5, 0.6) is 0 Å². The molecule has 1 saturated heterocycles. The van der Waals surface area contributed by atoms with Gasteiger partial charge in [0.15, 0.2) is 0 Å². The molecule has 0 radical (unpaired) electrons. The van der Waals surface area contributed by atoms with Gasteiger partial charge in [-0.2, -0.15) is 0 Å². The summed E-state index contributed by atoms with van der Waals surface area (Å²) in [6, 6.07) is 9.57. The summed E-state index contributed by atoms with van der Waals surface area (Å²) in [5, 5.41) is 1.96. The number of hydrogen-bond donors (Lipinski definition) is 0. The molecule has 34 heavy (non-hydrogen) atoms. The van der Waals surface area contributed by atoms with Crippen LogP contribution in [0.15, 0.2) is 35.7 Å². The highest BCUT2D eigenvalue weighted by Crippen LogP contribution is 2.38. The van der Waals surface area contributed by atoms with Crippen LogP contribution in [0.2, 0.25) is 0 Å². The molecule has 6 nitrogen and oxygen atoms in total. The molecular weight excluding hydrogens is 446 g/mol. The quantitative estimate of drug-likeness (QED) is 0.559. The lowest BCUT2D eigenvalue weighted by Gasteiger charge is -2.38. The summed E-state index contributed by atoms with van der Waals surface area (Å²) in [6.07, 6.45) is 7.50. The van der Waals surface area contributed by atoms with Crippen molar-refractivity contribution in [2.75, 3.05) is 25.0 Å². The maximum atomic E-state index is 13.5. The van der Waals surface area contributed by atoms with E-state index < -0.39 is 0 Å². The zero-order valence-corrected chi connectivity index (χ0v) is 20.9. The third kappa shape index (κ3) is 4.04. The Kier molecular flexibility index (Phi) is 6.47. The van der Waals surface area contributed by atoms with Gasteiger partial charge in [0.1, 0.15) is 0 Å². The van der Waals surface area contributed by atoms with E-state index in [1.165, 1.54) is 24.2 Å². The minimum Gasteiger partial charge on any atom is -0.371 e. The number of piperidine rings is 1. The molecule has 1 aliphatic carbocycles. The van der Waals surface area contributed by atoms with Crippen molar-refractivity contribution in [2.45, 2.75) is 64.0 Å². The molecule has 1 saturated carbocycles. The summed E-state index contributed by atoms with van der Waals surface area (Å²) in [7, 11) is 1.97. The minimum atomic E-state index is -0.293. The molecule has 3 heterocycles. The first kappa shape index (κ1) is 23.1. The summed E-state index contributed by atoms with van der Waals surface area (Å²) in [4.78, 5) is 46.4. The predicted octanol–water partition coefficient (Wildman–Crippen LogP) is 5.11. The second-order valence-corrected chi connectivity index (χ2v) is 10.9. The molecule has 5 rings (SSSR count). The number of carbonyl (C=O) groups excluding carboxylic acids is 3. The van der Waals surface area contributed by atoms with Gasteiger partial charge in [0.05, 0.1) is 22.9 Å². The van der Waals surface area contributed by atoms with Crippen molar-refractivity contribution in [3.63, 3.8) is 0 Å². The summed E-state index contributed by atoms with van der Waals surface area (Å²) in [6.45, 7) is 3.34. The van der Waals surface area contributed by atoms with E-state index in [1.807, 2.05) is 48.5 Å². The highest BCUT2D eigenvalue weighted by molar-refractivity contribution is 7.10. The van der Waals surface area contributed by atoms with E-state index in [9.17, 15) is 14.4 Å².